The van der Waals surface area contributed by atoms with Crippen molar-refractivity contribution in [2.45, 2.75) is 33.7 Å². The second-order valence-corrected chi connectivity index (χ2v) is 9.70. The van der Waals surface area contributed by atoms with Crippen LogP contribution in [0.4, 0.5) is 10.9 Å². The Hall–Kier alpha value is -2.87. The van der Waals surface area contributed by atoms with Crippen LogP contribution in [0.3, 0.4) is 0 Å². The van der Waals surface area contributed by atoms with Crippen molar-refractivity contribution >= 4 is 39.1 Å². The predicted octanol–water partition coefficient (Wildman–Crippen LogP) is 4.61. The van der Waals surface area contributed by atoms with Gasteiger partial charge in [-0.25, -0.2) is 4.98 Å². The van der Waals surface area contributed by atoms with Crippen LogP contribution in [-0.2, 0) is 11.3 Å². The number of fused-ring (bicyclic) bond motifs is 1. The molecule has 7 nitrogen and oxygen atoms in total. The number of pyridine rings is 1. The van der Waals surface area contributed by atoms with Crippen molar-refractivity contribution in [2.75, 3.05) is 25.0 Å². The highest BCUT2D eigenvalue weighted by molar-refractivity contribution is 7.15. The van der Waals surface area contributed by atoms with E-state index in [2.05, 4.69) is 53.6 Å². The van der Waals surface area contributed by atoms with Crippen LogP contribution in [0.15, 0.2) is 37.2 Å². The van der Waals surface area contributed by atoms with Crippen molar-refractivity contribution in [3.63, 3.8) is 0 Å². The van der Waals surface area contributed by atoms with Crippen LogP contribution in [-0.4, -0.2) is 45.0 Å². The molecule has 1 aliphatic heterocycles. The van der Waals surface area contributed by atoms with Gasteiger partial charge in [0.2, 0.25) is 11.8 Å². The lowest BCUT2D eigenvalue weighted by molar-refractivity contribution is -0.125. The highest BCUT2D eigenvalue weighted by Gasteiger charge is 2.26. The highest BCUT2D eigenvalue weighted by Crippen LogP contribution is 2.31. The Morgan fingerprint density at radius 1 is 1.48 bits per heavy atom. The lowest BCUT2D eigenvalue weighted by Gasteiger charge is -2.16. The molecule has 3 aromatic rings. The van der Waals surface area contributed by atoms with Gasteiger partial charge in [-0.15, -0.1) is 11.3 Å². The van der Waals surface area contributed by atoms with Crippen molar-refractivity contribution in [1.82, 2.24) is 19.4 Å². The highest BCUT2D eigenvalue weighted by atomic mass is 32.1. The van der Waals surface area contributed by atoms with E-state index in [9.17, 15) is 4.79 Å². The average Bonchev–Trinajstić information content (AvgIpc) is 3.46. The Bertz CT molecular complexity index is 1090. The summed E-state index contributed by atoms with van der Waals surface area (Å²) in [5, 5.41) is 5.13. The average molecular weight is 440 g/mol. The van der Waals surface area contributed by atoms with Gasteiger partial charge in [-0.3, -0.25) is 4.79 Å². The summed E-state index contributed by atoms with van der Waals surface area (Å²) in [6.45, 7) is 12.9. The summed E-state index contributed by atoms with van der Waals surface area (Å²) in [4.78, 5) is 24.0. The molecule has 0 radical (unpaired) electrons. The summed E-state index contributed by atoms with van der Waals surface area (Å²) >= 11 is 1.59. The number of ether oxygens (including phenoxy) is 1. The fraction of sp³-hybridized carbons (Fsp3) is 0.435. The molecule has 4 heterocycles. The zero-order chi connectivity index (χ0) is 22.0. The minimum absolute atomic E-state index is 0.0151. The molecule has 1 aliphatic rings. The first-order chi connectivity index (χ1) is 14.9. The first kappa shape index (κ1) is 21.4. The first-order valence-corrected chi connectivity index (χ1v) is 11.5. The van der Waals surface area contributed by atoms with Gasteiger partial charge in [0.15, 0.2) is 5.13 Å². The first-order valence-electron chi connectivity index (χ1n) is 10.7. The number of hydrogen-bond donors (Lipinski definition) is 1. The predicted molar refractivity (Wildman–Crippen MR) is 125 cm³/mol. The molecule has 0 spiro atoms. The Labute approximate surface area is 186 Å². The standard InChI is InChI=1S/C23H29N5O2S/c1-5-21(29)28-8-6-17(13-28)14-30-22-18-7-9-27(12-15(2)3)19(18)10-20(25-22)26-23-24-11-16(4)31-23/h5,7,9-11,15,17H,1,6,8,12-14H2,2-4H3,(H,24,25,26). The molecule has 0 saturated carbocycles. The molecule has 1 saturated heterocycles. The molecule has 1 N–H and O–H groups in total. The Balaban J connectivity index is 1.57. The quantitative estimate of drug-likeness (QED) is 0.519. The molecule has 164 valence electrons. The molecule has 0 aliphatic carbocycles. The van der Waals surface area contributed by atoms with Gasteiger partial charge in [0.05, 0.1) is 17.5 Å². The van der Waals surface area contributed by atoms with Crippen LogP contribution >= 0.6 is 11.3 Å². The van der Waals surface area contributed by atoms with E-state index in [0.717, 1.165) is 46.2 Å². The van der Waals surface area contributed by atoms with Gasteiger partial charge >= 0.3 is 0 Å². The molecular weight excluding hydrogens is 410 g/mol. The van der Waals surface area contributed by atoms with Gasteiger partial charge in [-0.1, -0.05) is 20.4 Å². The van der Waals surface area contributed by atoms with E-state index in [0.29, 0.717) is 24.9 Å². The smallest absolute Gasteiger partial charge is 0.245 e. The molecule has 1 fully saturated rings. The Morgan fingerprint density at radius 3 is 3.03 bits per heavy atom. The summed E-state index contributed by atoms with van der Waals surface area (Å²) < 4.78 is 8.46. The van der Waals surface area contributed by atoms with Gasteiger partial charge in [-0.2, -0.15) is 4.98 Å². The van der Waals surface area contributed by atoms with E-state index in [-0.39, 0.29) is 11.8 Å². The third-order valence-corrected chi connectivity index (χ3v) is 6.21. The molecular formula is C23H29N5O2S. The van der Waals surface area contributed by atoms with Crippen molar-refractivity contribution in [1.29, 1.82) is 0 Å². The van der Waals surface area contributed by atoms with Crippen LogP contribution in [0.25, 0.3) is 10.9 Å². The second kappa shape index (κ2) is 9.09. The zero-order valence-electron chi connectivity index (χ0n) is 18.3. The number of hydrogen-bond acceptors (Lipinski definition) is 6. The SMILES string of the molecule is C=CC(=O)N1CCC(COc2nc(Nc3ncc(C)s3)cc3c2ccn3CC(C)C)C1. The zero-order valence-corrected chi connectivity index (χ0v) is 19.1. The number of anilines is 2. The van der Waals surface area contributed by atoms with Crippen molar-refractivity contribution in [3.05, 3.63) is 42.1 Å². The van der Waals surface area contributed by atoms with Crippen LogP contribution < -0.4 is 10.1 Å². The number of carbonyl (C=O) groups is 1. The van der Waals surface area contributed by atoms with Gasteiger partial charge in [0.25, 0.3) is 0 Å². The minimum atomic E-state index is -0.0151. The van der Waals surface area contributed by atoms with E-state index in [1.807, 2.05) is 18.0 Å². The molecule has 3 aromatic heterocycles. The molecule has 1 atom stereocenters. The van der Waals surface area contributed by atoms with Gasteiger partial charge in [-0.05, 0) is 31.4 Å². The number of nitrogens with zero attached hydrogens (tertiary/aromatic N) is 4. The summed E-state index contributed by atoms with van der Waals surface area (Å²) in [6, 6.07) is 4.13. The molecule has 0 bridgehead atoms. The lowest BCUT2D eigenvalue weighted by atomic mass is 10.1. The fourth-order valence-electron chi connectivity index (χ4n) is 3.90. The van der Waals surface area contributed by atoms with Crippen LogP contribution in [0, 0.1) is 18.8 Å². The normalized spacial score (nSPS) is 16.3. The van der Waals surface area contributed by atoms with Crippen LogP contribution in [0.2, 0.25) is 0 Å². The van der Waals surface area contributed by atoms with Gasteiger partial charge in [0, 0.05) is 48.9 Å². The lowest BCUT2D eigenvalue weighted by Crippen LogP contribution is -2.27. The van der Waals surface area contributed by atoms with Crippen LogP contribution in [0.5, 0.6) is 5.88 Å². The maximum absolute atomic E-state index is 11.9. The Morgan fingerprint density at radius 2 is 2.32 bits per heavy atom. The number of amides is 1. The fourth-order valence-corrected chi connectivity index (χ4v) is 4.57. The van der Waals surface area contributed by atoms with Crippen LogP contribution in [0.1, 0.15) is 25.1 Å². The molecule has 1 amide bonds. The number of aryl methyl sites for hydroxylation is 1. The summed E-state index contributed by atoms with van der Waals surface area (Å²) in [6.07, 6.45) is 6.24. The third kappa shape index (κ3) is 4.90. The monoisotopic (exact) mass is 439 g/mol. The molecule has 31 heavy (non-hydrogen) atoms. The molecule has 0 aromatic carbocycles. The summed E-state index contributed by atoms with van der Waals surface area (Å²) in [5.74, 6) is 2.13. The minimum Gasteiger partial charge on any atom is -0.477 e. The maximum Gasteiger partial charge on any atom is 0.245 e. The topological polar surface area (TPSA) is 72.3 Å². The van der Waals surface area contributed by atoms with E-state index >= 15 is 0 Å². The molecule has 8 heteroatoms. The van der Waals surface area contributed by atoms with E-state index in [1.165, 1.54) is 6.08 Å². The maximum atomic E-state index is 11.9. The number of rotatable bonds is 8. The Kier molecular flexibility index (Phi) is 6.27. The van der Waals surface area contributed by atoms with Gasteiger partial charge < -0.3 is 19.5 Å². The van der Waals surface area contributed by atoms with Crippen molar-refractivity contribution < 1.29 is 9.53 Å². The van der Waals surface area contributed by atoms with E-state index < -0.39 is 0 Å². The third-order valence-electron chi connectivity index (χ3n) is 5.38. The molecule has 1 unspecified atom stereocenters. The number of carbonyl (C=O) groups excluding carboxylic acids is 1. The second-order valence-electron chi connectivity index (χ2n) is 8.46. The molecule has 4 rings (SSSR count). The van der Waals surface area contributed by atoms with E-state index in [4.69, 9.17) is 9.72 Å². The van der Waals surface area contributed by atoms with Crippen molar-refractivity contribution in [2.24, 2.45) is 11.8 Å². The number of likely N-dealkylation sites (tertiary alicyclic amines) is 1. The largest absolute Gasteiger partial charge is 0.477 e. The van der Waals surface area contributed by atoms with Gasteiger partial charge in [0.1, 0.15) is 5.82 Å². The van der Waals surface area contributed by atoms with E-state index in [1.54, 1.807) is 11.3 Å². The number of thiazole rings is 1. The summed E-state index contributed by atoms with van der Waals surface area (Å²) in [5.41, 5.74) is 1.09. The van der Waals surface area contributed by atoms with Crippen molar-refractivity contribution in [3.8, 4) is 5.88 Å². The number of nitrogens with one attached hydrogen (secondary N) is 1. The summed E-state index contributed by atoms with van der Waals surface area (Å²) in [7, 11) is 0. The number of aromatic nitrogens is 3.